The number of fused-ring (bicyclic) bond motifs is 1. The zero-order valence-electron chi connectivity index (χ0n) is 14.4. The average Bonchev–Trinajstić information content (AvgIpc) is 3.29. The van der Waals surface area contributed by atoms with Crippen molar-refractivity contribution < 1.29 is 4.79 Å². The van der Waals surface area contributed by atoms with Gasteiger partial charge in [0.05, 0.1) is 11.4 Å². The fourth-order valence-corrected chi connectivity index (χ4v) is 2.82. The molecule has 0 fully saturated rings. The van der Waals surface area contributed by atoms with Crippen molar-refractivity contribution in [1.29, 1.82) is 0 Å². The van der Waals surface area contributed by atoms with Crippen LogP contribution in [0, 0.1) is 6.92 Å². The number of carbonyl (C=O) groups is 1. The lowest BCUT2D eigenvalue weighted by atomic mass is 10.1. The van der Waals surface area contributed by atoms with Gasteiger partial charge in [-0.3, -0.25) is 9.89 Å². The molecule has 0 atom stereocenters. The van der Waals surface area contributed by atoms with Crippen molar-refractivity contribution in [3.8, 4) is 11.3 Å². The average molecular weight is 345 g/mol. The van der Waals surface area contributed by atoms with E-state index in [1.165, 1.54) is 5.56 Å². The van der Waals surface area contributed by atoms with E-state index in [4.69, 9.17) is 0 Å². The summed E-state index contributed by atoms with van der Waals surface area (Å²) in [5.74, 6) is -0.167. The van der Waals surface area contributed by atoms with E-state index in [0.29, 0.717) is 18.7 Å². The van der Waals surface area contributed by atoms with Crippen molar-refractivity contribution in [3.63, 3.8) is 0 Å². The molecule has 4 aromatic rings. The summed E-state index contributed by atoms with van der Waals surface area (Å²) in [6.07, 6.45) is 4.61. The van der Waals surface area contributed by atoms with Gasteiger partial charge in [-0.1, -0.05) is 35.9 Å². The van der Waals surface area contributed by atoms with Crippen LogP contribution in [0.15, 0.2) is 60.9 Å². The normalized spacial score (nSPS) is 11.0. The number of benzene rings is 1. The molecule has 6 nitrogen and oxygen atoms in total. The first-order valence-electron chi connectivity index (χ1n) is 8.52. The Labute approximate surface area is 150 Å². The van der Waals surface area contributed by atoms with Gasteiger partial charge in [-0.15, -0.1) is 0 Å². The molecule has 0 spiro atoms. The SMILES string of the molecule is Cc1ccc(-c2cc(C(=O)NCCc3cn4ccccc4n3)[nH]n2)cc1. The largest absolute Gasteiger partial charge is 0.350 e. The van der Waals surface area contributed by atoms with Gasteiger partial charge in [-0.2, -0.15) is 5.10 Å². The number of nitrogens with zero attached hydrogens (tertiary/aromatic N) is 3. The Kier molecular flexibility index (Phi) is 4.23. The Morgan fingerprint density at radius 3 is 2.85 bits per heavy atom. The zero-order valence-corrected chi connectivity index (χ0v) is 14.4. The monoisotopic (exact) mass is 345 g/mol. The lowest BCUT2D eigenvalue weighted by Crippen LogP contribution is -2.26. The Morgan fingerprint density at radius 2 is 2.04 bits per heavy atom. The molecule has 2 N–H and O–H groups in total. The number of aromatic nitrogens is 4. The first-order chi connectivity index (χ1) is 12.7. The summed E-state index contributed by atoms with van der Waals surface area (Å²) >= 11 is 0. The van der Waals surface area contributed by atoms with Gasteiger partial charge < -0.3 is 9.72 Å². The molecular weight excluding hydrogens is 326 g/mol. The van der Waals surface area contributed by atoms with Crippen LogP contribution in [0.4, 0.5) is 0 Å². The summed E-state index contributed by atoms with van der Waals surface area (Å²) in [6.45, 7) is 2.55. The molecule has 3 heterocycles. The van der Waals surface area contributed by atoms with Crippen LogP contribution in [0.25, 0.3) is 16.9 Å². The third-order valence-corrected chi connectivity index (χ3v) is 4.25. The van der Waals surface area contributed by atoms with Gasteiger partial charge in [0.25, 0.3) is 5.91 Å². The molecule has 0 aliphatic rings. The maximum atomic E-state index is 12.3. The number of aromatic amines is 1. The lowest BCUT2D eigenvalue weighted by molar-refractivity contribution is 0.0949. The maximum Gasteiger partial charge on any atom is 0.269 e. The maximum absolute atomic E-state index is 12.3. The predicted molar refractivity (Wildman–Crippen MR) is 100.0 cm³/mol. The lowest BCUT2D eigenvalue weighted by Gasteiger charge is -2.01. The molecule has 130 valence electrons. The van der Waals surface area contributed by atoms with E-state index < -0.39 is 0 Å². The van der Waals surface area contributed by atoms with Crippen LogP contribution in [-0.2, 0) is 6.42 Å². The number of amides is 1. The molecule has 0 unspecified atom stereocenters. The molecule has 0 bridgehead atoms. The molecule has 26 heavy (non-hydrogen) atoms. The third kappa shape index (κ3) is 3.35. The summed E-state index contributed by atoms with van der Waals surface area (Å²) in [4.78, 5) is 16.8. The molecule has 1 aromatic carbocycles. The second kappa shape index (κ2) is 6.84. The van der Waals surface area contributed by atoms with Crippen molar-refractivity contribution >= 4 is 11.6 Å². The van der Waals surface area contributed by atoms with Crippen molar-refractivity contribution in [2.75, 3.05) is 6.54 Å². The molecule has 1 amide bonds. The van der Waals surface area contributed by atoms with Gasteiger partial charge in [0.2, 0.25) is 0 Å². The van der Waals surface area contributed by atoms with Gasteiger partial charge in [0.1, 0.15) is 11.3 Å². The molecule has 0 aliphatic heterocycles. The van der Waals surface area contributed by atoms with Gasteiger partial charge in [0.15, 0.2) is 0 Å². The summed E-state index contributed by atoms with van der Waals surface area (Å²) in [7, 11) is 0. The zero-order chi connectivity index (χ0) is 17.9. The van der Waals surface area contributed by atoms with E-state index in [1.807, 2.05) is 66.2 Å². The number of carbonyl (C=O) groups excluding carboxylic acids is 1. The molecule has 0 radical (unpaired) electrons. The van der Waals surface area contributed by atoms with E-state index >= 15 is 0 Å². The van der Waals surface area contributed by atoms with Crippen molar-refractivity contribution in [3.05, 3.63) is 77.9 Å². The first-order valence-corrected chi connectivity index (χ1v) is 8.52. The highest BCUT2D eigenvalue weighted by Crippen LogP contribution is 2.18. The van der Waals surface area contributed by atoms with Gasteiger partial charge in [-0.25, -0.2) is 4.98 Å². The second-order valence-corrected chi connectivity index (χ2v) is 6.24. The molecule has 0 saturated carbocycles. The fourth-order valence-electron chi connectivity index (χ4n) is 2.82. The minimum Gasteiger partial charge on any atom is -0.350 e. The predicted octanol–water partition coefficient (Wildman–Crippen LogP) is 3.01. The molecule has 6 heteroatoms. The van der Waals surface area contributed by atoms with Crippen LogP contribution in [0.3, 0.4) is 0 Å². The van der Waals surface area contributed by atoms with Crippen LogP contribution in [0.1, 0.15) is 21.7 Å². The van der Waals surface area contributed by atoms with E-state index in [2.05, 4.69) is 20.5 Å². The minimum atomic E-state index is -0.167. The number of hydrogen-bond acceptors (Lipinski definition) is 3. The van der Waals surface area contributed by atoms with Crippen molar-refractivity contribution in [2.24, 2.45) is 0 Å². The number of H-pyrrole nitrogens is 1. The Morgan fingerprint density at radius 1 is 1.19 bits per heavy atom. The summed E-state index contributed by atoms with van der Waals surface area (Å²) in [5.41, 5.74) is 5.24. The van der Waals surface area contributed by atoms with Gasteiger partial charge >= 0.3 is 0 Å². The summed E-state index contributed by atoms with van der Waals surface area (Å²) in [5, 5.41) is 9.94. The van der Waals surface area contributed by atoms with Gasteiger partial charge in [0, 0.05) is 30.9 Å². The summed E-state index contributed by atoms with van der Waals surface area (Å²) < 4.78 is 1.97. The molecule has 3 aromatic heterocycles. The minimum absolute atomic E-state index is 0.167. The van der Waals surface area contributed by atoms with Crippen LogP contribution in [0.5, 0.6) is 0 Å². The highest BCUT2D eigenvalue weighted by Gasteiger charge is 2.11. The number of nitrogens with one attached hydrogen (secondary N) is 2. The highest BCUT2D eigenvalue weighted by atomic mass is 16.1. The van der Waals surface area contributed by atoms with Crippen LogP contribution >= 0.6 is 0 Å². The van der Waals surface area contributed by atoms with Gasteiger partial charge in [-0.05, 0) is 25.1 Å². The van der Waals surface area contributed by atoms with Crippen molar-refractivity contribution in [2.45, 2.75) is 13.3 Å². The number of rotatable bonds is 5. The van der Waals surface area contributed by atoms with E-state index in [1.54, 1.807) is 6.07 Å². The van der Waals surface area contributed by atoms with Crippen LogP contribution in [-0.4, -0.2) is 32.0 Å². The third-order valence-electron chi connectivity index (χ3n) is 4.25. The van der Waals surface area contributed by atoms with E-state index in [-0.39, 0.29) is 5.91 Å². The number of aryl methyl sites for hydroxylation is 1. The standard InChI is InChI=1S/C20H19N5O/c1-14-5-7-15(8-6-14)17-12-18(24-23-17)20(26)21-10-9-16-13-25-11-3-2-4-19(25)22-16/h2-8,11-13H,9-10H2,1H3,(H,21,26)(H,23,24). The fraction of sp³-hybridized carbons (Fsp3) is 0.150. The van der Waals surface area contributed by atoms with E-state index in [9.17, 15) is 4.79 Å². The smallest absolute Gasteiger partial charge is 0.269 e. The summed E-state index contributed by atoms with van der Waals surface area (Å²) in [6, 6.07) is 15.7. The molecular formula is C20H19N5O. The van der Waals surface area contributed by atoms with Crippen LogP contribution < -0.4 is 5.32 Å². The number of imidazole rings is 1. The second-order valence-electron chi connectivity index (χ2n) is 6.24. The molecule has 0 aliphatic carbocycles. The first kappa shape index (κ1) is 16.1. The highest BCUT2D eigenvalue weighted by molar-refractivity contribution is 5.93. The number of pyridine rings is 1. The Bertz CT molecular complexity index is 1010. The Hall–Kier alpha value is -3.41. The van der Waals surface area contributed by atoms with Crippen LogP contribution in [0.2, 0.25) is 0 Å². The quantitative estimate of drug-likeness (QED) is 0.584. The number of hydrogen-bond donors (Lipinski definition) is 2. The molecule has 4 rings (SSSR count). The molecule has 0 saturated heterocycles. The van der Waals surface area contributed by atoms with Crippen molar-refractivity contribution in [1.82, 2.24) is 24.9 Å². The topological polar surface area (TPSA) is 75.1 Å². The van der Waals surface area contributed by atoms with E-state index in [0.717, 1.165) is 22.6 Å². The Balaban J connectivity index is 1.37.